The number of carbonyl (C=O) groups is 2. The number of nitrogens with zero attached hydrogens (tertiary/aromatic N) is 2. The van der Waals surface area contributed by atoms with E-state index in [9.17, 15) is 14.0 Å². The van der Waals surface area contributed by atoms with Gasteiger partial charge in [0.05, 0.1) is 36.2 Å². The Balaban J connectivity index is 1.46. The van der Waals surface area contributed by atoms with Gasteiger partial charge in [0.1, 0.15) is 11.6 Å². The van der Waals surface area contributed by atoms with Gasteiger partial charge in [-0.05, 0) is 44.0 Å². The molecule has 8 heteroatoms. The van der Waals surface area contributed by atoms with Gasteiger partial charge in [0.25, 0.3) is 0 Å². The van der Waals surface area contributed by atoms with Gasteiger partial charge >= 0.3 is 11.9 Å². The first-order valence-electron chi connectivity index (χ1n) is 15.2. The van der Waals surface area contributed by atoms with Crippen LogP contribution in [0, 0.1) is 5.82 Å². The van der Waals surface area contributed by atoms with Crippen molar-refractivity contribution in [2.75, 3.05) is 6.61 Å². The molecule has 0 aliphatic rings. The summed E-state index contributed by atoms with van der Waals surface area (Å²) in [6, 6.07) is 10.2. The fourth-order valence-electron chi connectivity index (χ4n) is 4.41. The number of carbonyl (C=O) groups excluding carboxylic acids is 2. The van der Waals surface area contributed by atoms with E-state index in [0.717, 1.165) is 37.3 Å². The Labute approximate surface area is 248 Å². The Kier molecular flexibility index (Phi) is 13.9. The molecule has 3 aromatic rings. The second-order valence-corrected chi connectivity index (χ2v) is 10.5. The number of halogens is 1. The van der Waals surface area contributed by atoms with Crippen molar-refractivity contribution in [3.63, 3.8) is 0 Å². The zero-order chi connectivity index (χ0) is 30.2. The standard InChI is InChI=1S/C34H43FN2O5/c1-4-6-8-9-10-11-12-13-21-40-29-23-36-32(37-24-29)26-15-17-27(18-16-26)33(38)42-28-19-20-30(31(35)22-28)34(39)41-25(3)14-7-5-2/h15-20,22-25H,4-14,21H2,1-3H3/t25-/m1/s1. The predicted molar refractivity (Wildman–Crippen MR) is 161 cm³/mol. The van der Waals surface area contributed by atoms with Crippen LogP contribution < -0.4 is 9.47 Å². The summed E-state index contributed by atoms with van der Waals surface area (Å²) in [7, 11) is 0. The highest BCUT2D eigenvalue weighted by Gasteiger charge is 2.18. The molecule has 0 fully saturated rings. The van der Waals surface area contributed by atoms with Gasteiger partial charge in [-0.25, -0.2) is 23.9 Å². The molecule has 2 aromatic carbocycles. The van der Waals surface area contributed by atoms with Crippen molar-refractivity contribution >= 4 is 11.9 Å². The molecule has 0 unspecified atom stereocenters. The van der Waals surface area contributed by atoms with E-state index in [0.29, 0.717) is 24.6 Å². The van der Waals surface area contributed by atoms with Crippen LogP contribution in [0.5, 0.6) is 11.5 Å². The molecule has 1 aromatic heterocycles. The topological polar surface area (TPSA) is 87.6 Å². The third kappa shape index (κ3) is 10.9. The Morgan fingerprint density at radius 3 is 2.07 bits per heavy atom. The van der Waals surface area contributed by atoms with E-state index in [-0.39, 0.29) is 23.0 Å². The number of rotatable bonds is 18. The lowest BCUT2D eigenvalue weighted by molar-refractivity contribution is 0.0315. The van der Waals surface area contributed by atoms with Crippen molar-refractivity contribution in [3.8, 4) is 22.9 Å². The van der Waals surface area contributed by atoms with Crippen molar-refractivity contribution in [1.29, 1.82) is 0 Å². The second-order valence-electron chi connectivity index (χ2n) is 10.5. The first kappa shape index (κ1) is 32.7. The van der Waals surface area contributed by atoms with E-state index in [2.05, 4.69) is 16.9 Å². The molecule has 0 saturated heterocycles. The van der Waals surface area contributed by atoms with Gasteiger partial charge in [-0.15, -0.1) is 0 Å². The third-order valence-electron chi connectivity index (χ3n) is 6.92. The number of esters is 2. The molecule has 0 aliphatic heterocycles. The van der Waals surface area contributed by atoms with Crippen molar-refractivity contribution in [1.82, 2.24) is 9.97 Å². The molecule has 0 aliphatic carbocycles. The van der Waals surface area contributed by atoms with Gasteiger partial charge in [0, 0.05) is 11.6 Å². The predicted octanol–water partition coefficient (Wildman–Crippen LogP) is 8.76. The van der Waals surface area contributed by atoms with E-state index >= 15 is 0 Å². The SMILES string of the molecule is CCCCCCCCCCOc1cnc(-c2ccc(C(=O)Oc3ccc(C(=O)O[C@H](C)CCCC)c(F)c3)cc2)nc1. The molecular weight excluding hydrogens is 535 g/mol. The normalized spacial score (nSPS) is 11.6. The van der Waals surface area contributed by atoms with Crippen LogP contribution in [0.25, 0.3) is 11.4 Å². The largest absolute Gasteiger partial charge is 0.490 e. The Bertz CT molecular complexity index is 1250. The van der Waals surface area contributed by atoms with Crippen molar-refractivity contribution in [2.45, 2.75) is 97.5 Å². The minimum absolute atomic E-state index is 0.0111. The Morgan fingerprint density at radius 1 is 0.786 bits per heavy atom. The lowest BCUT2D eigenvalue weighted by Gasteiger charge is -2.13. The molecule has 226 valence electrons. The summed E-state index contributed by atoms with van der Waals surface area (Å²) in [4.78, 5) is 33.7. The molecule has 7 nitrogen and oxygen atoms in total. The lowest BCUT2D eigenvalue weighted by atomic mass is 10.1. The van der Waals surface area contributed by atoms with E-state index in [1.807, 2.05) is 6.92 Å². The molecular formula is C34H43FN2O5. The Hall–Kier alpha value is -3.81. The highest BCUT2D eigenvalue weighted by Crippen LogP contribution is 2.22. The van der Waals surface area contributed by atoms with Crippen LogP contribution >= 0.6 is 0 Å². The number of ether oxygens (including phenoxy) is 3. The average molecular weight is 579 g/mol. The smallest absolute Gasteiger partial charge is 0.343 e. The summed E-state index contributed by atoms with van der Waals surface area (Å²) in [6.07, 6.45) is 15.5. The molecule has 0 saturated carbocycles. The minimum atomic E-state index is -0.814. The average Bonchev–Trinajstić information content (AvgIpc) is 2.99. The van der Waals surface area contributed by atoms with Gasteiger partial charge in [-0.1, -0.05) is 83.8 Å². The fourth-order valence-corrected chi connectivity index (χ4v) is 4.41. The zero-order valence-corrected chi connectivity index (χ0v) is 25.1. The van der Waals surface area contributed by atoms with Gasteiger partial charge in [0.15, 0.2) is 11.6 Å². The summed E-state index contributed by atoms with van der Waals surface area (Å²) >= 11 is 0. The minimum Gasteiger partial charge on any atom is -0.490 e. The number of benzene rings is 2. The summed E-state index contributed by atoms with van der Waals surface area (Å²) in [5, 5.41) is 0. The van der Waals surface area contributed by atoms with E-state index in [1.54, 1.807) is 43.6 Å². The summed E-state index contributed by atoms with van der Waals surface area (Å²) in [5.74, 6) is -1.10. The maximum absolute atomic E-state index is 14.6. The first-order valence-corrected chi connectivity index (χ1v) is 15.2. The summed E-state index contributed by atoms with van der Waals surface area (Å²) in [5.41, 5.74) is 0.799. The maximum Gasteiger partial charge on any atom is 0.343 e. The quantitative estimate of drug-likeness (QED) is 0.0847. The van der Waals surface area contributed by atoms with Gasteiger partial charge in [0.2, 0.25) is 0 Å². The van der Waals surface area contributed by atoms with Crippen molar-refractivity contribution in [2.24, 2.45) is 0 Å². The molecule has 0 radical (unpaired) electrons. The van der Waals surface area contributed by atoms with Gasteiger partial charge < -0.3 is 14.2 Å². The number of aromatic nitrogens is 2. The molecule has 1 heterocycles. The second kappa shape index (κ2) is 17.9. The van der Waals surface area contributed by atoms with Crippen molar-refractivity contribution < 1.29 is 28.2 Å². The van der Waals surface area contributed by atoms with Crippen LogP contribution in [0.2, 0.25) is 0 Å². The highest BCUT2D eigenvalue weighted by molar-refractivity contribution is 5.92. The van der Waals surface area contributed by atoms with Crippen LogP contribution in [0.4, 0.5) is 4.39 Å². The number of unbranched alkanes of at least 4 members (excludes halogenated alkanes) is 8. The van der Waals surface area contributed by atoms with Crippen LogP contribution in [-0.4, -0.2) is 34.6 Å². The first-order chi connectivity index (χ1) is 20.4. The Morgan fingerprint density at radius 2 is 1.43 bits per heavy atom. The molecule has 3 rings (SSSR count). The molecule has 42 heavy (non-hydrogen) atoms. The molecule has 0 bridgehead atoms. The van der Waals surface area contributed by atoms with E-state index < -0.39 is 17.8 Å². The number of hydrogen-bond donors (Lipinski definition) is 0. The van der Waals surface area contributed by atoms with Crippen molar-refractivity contribution in [3.05, 3.63) is 71.8 Å². The van der Waals surface area contributed by atoms with E-state index in [1.165, 1.54) is 50.7 Å². The van der Waals surface area contributed by atoms with E-state index in [4.69, 9.17) is 14.2 Å². The molecule has 0 N–H and O–H groups in total. The van der Waals surface area contributed by atoms with Crippen LogP contribution in [-0.2, 0) is 4.74 Å². The third-order valence-corrected chi connectivity index (χ3v) is 6.92. The van der Waals surface area contributed by atoms with Gasteiger partial charge in [-0.2, -0.15) is 0 Å². The lowest BCUT2D eigenvalue weighted by Crippen LogP contribution is -2.16. The van der Waals surface area contributed by atoms with Gasteiger partial charge in [-0.3, -0.25) is 0 Å². The molecule has 0 amide bonds. The van der Waals surface area contributed by atoms with Crippen LogP contribution in [0.15, 0.2) is 54.9 Å². The monoisotopic (exact) mass is 578 g/mol. The van der Waals surface area contributed by atoms with Crippen LogP contribution in [0.1, 0.15) is 112 Å². The summed E-state index contributed by atoms with van der Waals surface area (Å²) < 4.78 is 31.0. The molecule has 1 atom stereocenters. The molecule has 0 spiro atoms. The highest BCUT2D eigenvalue weighted by atomic mass is 19.1. The number of hydrogen-bond acceptors (Lipinski definition) is 7. The maximum atomic E-state index is 14.6. The van der Waals surface area contributed by atoms with Crippen LogP contribution in [0.3, 0.4) is 0 Å². The zero-order valence-electron chi connectivity index (χ0n) is 25.1. The fraction of sp³-hybridized carbons (Fsp3) is 0.471. The summed E-state index contributed by atoms with van der Waals surface area (Å²) in [6.45, 7) is 6.70.